The zero-order valence-corrected chi connectivity index (χ0v) is 19.4. The molecule has 1 aromatic carbocycles. The number of ether oxygens (including phenoxy) is 3. The lowest BCUT2D eigenvalue weighted by atomic mass is 9.78. The fourth-order valence-electron chi connectivity index (χ4n) is 6.30. The van der Waals surface area contributed by atoms with Gasteiger partial charge in [0.05, 0.1) is 6.10 Å². The van der Waals surface area contributed by atoms with E-state index in [4.69, 9.17) is 14.2 Å². The predicted molar refractivity (Wildman–Crippen MR) is 124 cm³/mol. The third-order valence-electron chi connectivity index (χ3n) is 8.27. The van der Waals surface area contributed by atoms with Crippen LogP contribution in [0.4, 0.5) is 0 Å². The van der Waals surface area contributed by atoms with Gasteiger partial charge in [0.2, 0.25) is 6.79 Å². The molecule has 2 saturated heterocycles. The van der Waals surface area contributed by atoms with Crippen LogP contribution >= 0.6 is 0 Å². The van der Waals surface area contributed by atoms with E-state index >= 15 is 0 Å². The highest BCUT2D eigenvalue weighted by molar-refractivity contribution is 5.79. The molecule has 1 aromatic rings. The molecule has 5 heteroatoms. The van der Waals surface area contributed by atoms with Crippen LogP contribution in [0, 0.1) is 11.8 Å². The highest BCUT2D eigenvalue weighted by Crippen LogP contribution is 2.42. The number of ketones is 1. The number of para-hydroxylation sites is 1. The van der Waals surface area contributed by atoms with E-state index in [1.165, 1.54) is 70.1 Å². The zero-order valence-electron chi connectivity index (χ0n) is 19.4. The molecule has 3 aliphatic heterocycles. The van der Waals surface area contributed by atoms with Gasteiger partial charge < -0.3 is 19.1 Å². The van der Waals surface area contributed by atoms with E-state index in [1.54, 1.807) is 0 Å². The maximum absolute atomic E-state index is 12.4. The van der Waals surface area contributed by atoms with Crippen molar-refractivity contribution in [3.63, 3.8) is 0 Å². The summed E-state index contributed by atoms with van der Waals surface area (Å²) in [5.74, 6) is 4.38. The second-order valence-corrected chi connectivity index (χ2v) is 10.5. The second-order valence-electron chi connectivity index (χ2n) is 10.5. The van der Waals surface area contributed by atoms with Crippen LogP contribution < -0.4 is 9.47 Å². The van der Waals surface area contributed by atoms with Gasteiger partial charge in [-0.15, -0.1) is 0 Å². The van der Waals surface area contributed by atoms with E-state index in [0.717, 1.165) is 43.3 Å². The summed E-state index contributed by atoms with van der Waals surface area (Å²) in [4.78, 5) is 15.0. The minimum Gasteiger partial charge on any atom is -0.454 e. The van der Waals surface area contributed by atoms with Gasteiger partial charge in [0.25, 0.3) is 0 Å². The fraction of sp³-hybridized carbons (Fsp3) is 0.741. The Morgan fingerprint density at radius 2 is 1.75 bits per heavy atom. The molecule has 5 rings (SSSR count). The minimum atomic E-state index is 0.214. The fourth-order valence-corrected chi connectivity index (χ4v) is 6.30. The first-order chi connectivity index (χ1) is 15.7. The first kappa shape index (κ1) is 22.2. The molecule has 3 fully saturated rings. The average Bonchev–Trinajstić information content (AvgIpc) is 3.51. The molecule has 0 bridgehead atoms. The van der Waals surface area contributed by atoms with E-state index in [2.05, 4.69) is 17.0 Å². The number of rotatable bonds is 8. The van der Waals surface area contributed by atoms with Crippen LogP contribution in [0.1, 0.15) is 82.1 Å². The number of carbonyl (C=O) groups is 1. The molecule has 5 nitrogen and oxygen atoms in total. The standard InChI is InChI=1S/C27H39NO4/c29-23(18-24-3-2-16-30-24)17-21-8-6-20(7-9-21)10-13-28-14-11-22(12-15-28)25-4-1-5-26-27(25)32-19-31-26/h1,4-5,20-22,24H,2-3,6-19H2/t20?,21?,24-/m1/s1. The van der Waals surface area contributed by atoms with Crippen molar-refractivity contribution in [2.45, 2.75) is 82.7 Å². The number of benzene rings is 1. The first-order valence-corrected chi connectivity index (χ1v) is 13.0. The normalized spacial score (nSPS) is 28.8. The minimum absolute atomic E-state index is 0.214. The van der Waals surface area contributed by atoms with Crippen LogP contribution in [0.15, 0.2) is 18.2 Å². The molecule has 1 saturated carbocycles. The van der Waals surface area contributed by atoms with E-state index < -0.39 is 0 Å². The molecular formula is C27H39NO4. The largest absolute Gasteiger partial charge is 0.454 e. The van der Waals surface area contributed by atoms with Gasteiger partial charge in [-0.25, -0.2) is 0 Å². The van der Waals surface area contributed by atoms with Crippen molar-refractivity contribution in [3.8, 4) is 11.5 Å². The lowest BCUT2D eigenvalue weighted by Crippen LogP contribution is -2.34. The molecule has 1 atom stereocenters. The summed E-state index contributed by atoms with van der Waals surface area (Å²) in [7, 11) is 0. The van der Waals surface area contributed by atoms with Crippen molar-refractivity contribution in [1.29, 1.82) is 0 Å². The van der Waals surface area contributed by atoms with E-state index in [9.17, 15) is 4.79 Å². The smallest absolute Gasteiger partial charge is 0.231 e. The van der Waals surface area contributed by atoms with E-state index in [-0.39, 0.29) is 6.10 Å². The van der Waals surface area contributed by atoms with Crippen LogP contribution in [-0.2, 0) is 9.53 Å². The molecule has 0 unspecified atom stereocenters. The SMILES string of the molecule is O=C(CC1CCC(CCN2CCC(c3cccc4c3OCO4)CC2)CC1)C[C@H]1CCCO1. The van der Waals surface area contributed by atoms with Crippen LogP contribution in [0.5, 0.6) is 11.5 Å². The number of likely N-dealkylation sites (tertiary alicyclic amines) is 1. The van der Waals surface area contributed by atoms with E-state index in [0.29, 0.717) is 30.8 Å². The molecule has 3 heterocycles. The lowest BCUT2D eigenvalue weighted by Gasteiger charge is -2.34. The first-order valence-electron chi connectivity index (χ1n) is 13.0. The summed E-state index contributed by atoms with van der Waals surface area (Å²) in [6, 6.07) is 6.33. The maximum Gasteiger partial charge on any atom is 0.231 e. The zero-order chi connectivity index (χ0) is 21.8. The quantitative estimate of drug-likeness (QED) is 0.546. The van der Waals surface area contributed by atoms with Crippen molar-refractivity contribution in [2.24, 2.45) is 11.8 Å². The third kappa shape index (κ3) is 5.48. The molecule has 176 valence electrons. The number of hydrogen-bond acceptors (Lipinski definition) is 5. The topological polar surface area (TPSA) is 48.0 Å². The molecular weight excluding hydrogens is 402 g/mol. The van der Waals surface area contributed by atoms with Gasteiger partial charge in [-0.2, -0.15) is 0 Å². The Hall–Kier alpha value is -1.59. The highest BCUT2D eigenvalue weighted by Gasteiger charge is 2.28. The number of fused-ring (bicyclic) bond motifs is 1. The van der Waals surface area contributed by atoms with Crippen molar-refractivity contribution in [1.82, 2.24) is 4.90 Å². The van der Waals surface area contributed by atoms with Gasteiger partial charge >= 0.3 is 0 Å². The number of piperidine rings is 1. The molecule has 0 amide bonds. The molecule has 4 aliphatic rings. The summed E-state index contributed by atoms with van der Waals surface area (Å²) >= 11 is 0. The predicted octanol–water partition coefficient (Wildman–Crippen LogP) is 5.32. The third-order valence-corrected chi connectivity index (χ3v) is 8.27. The molecule has 0 spiro atoms. The highest BCUT2D eigenvalue weighted by atomic mass is 16.7. The number of Topliss-reactive ketones (excluding diaryl/α,β-unsaturated/α-hetero) is 1. The molecule has 32 heavy (non-hydrogen) atoms. The van der Waals surface area contributed by atoms with Gasteiger partial charge in [-0.05, 0) is 88.4 Å². The second kappa shape index (κ2) is 10.6. The van der Waals surface area contributed by atoms with Gasteiger partial charge in [0, 0.05) is 25.0 Å². The Morgan fingerprint density at radius 1 is 0.938 bits per heavy atom. The summed E-state index contributed by atoms with van der Waals surface area (Å²) in [5, 5.41) is 0. The van der Waals surface area contributed by atoms with Gasteiger partial charge in [-0.3, -0.25) is 4.79 Å². The monoisotopic (exact) mass is 441 g/mol. The number of nitrogens with zero attached hydrogens (tertiary/aromatic N) is 1. The van der Waals surface area contributed by atoms with Crippen molar-refractivity contribution >= 4 is 5.78 Å². The molecule has 0 aromatic heterocycles. The van der Waals surface area contributed by atoms with E-state index in [1.807, 2.05) is 6.07 Å². The van der Waals surface area contributed by atoms with Crippen LogP contribution in [0.3, 0.4) is 0 Å². The summed E-state index contributed by atoms with van der Waals surface area (Å²) < 4.78 is 16.9. The maximum atomic E-state index is 12.4. The molecule has 0 N–H and O–H groups in total. The average molecular weight is 442 g/mol. The van der Waals surface area contributed by atoms with Crippen LogP contribution in [0.25, 0.3) is 0 Å². The number of carbonyl (C=O) groups excluding carboxylic acids is 1. The Balaban J connectivity index is 0.988. The van der Waals surface area contributed by atoms with Crippen molar-refractivity contribution in [2.75, 3.05) is 33.0 Å². The van der Waals surface area contributed by atoms with Gasteiger partial charge in [-0.1, -0.05) is 25.0 Å². The van der Waals surface area contributed by atoms with Crippen LogP contribution in [0.2, 0.25) is 0 Å². The Kier molecular flexibility index (Phi) is 7.33. The molecule has 1 aliphatic carbocycles. The Labute approximate surface area is 192 Å². The number of hydrogen-bond donors (Lipinski definition) is 0. The van der Waals surface area contributed by atoms with Gasteiger partial charge in [0.1, 0.15) is 5.78 Å². The lowest BCUT2D eigenvalue weighted by molar-refractivity contribution is -0.122. The summed E-state index contributed by atoms with van der Waals surface area (Å²) in [6.45, 7) is 4.80. The summed E-state index contributed by atoms with van der Waals surface area (Å²) in [5.41, 5.74) is 1.34. The Morgan fingerprint density at radius 3 is 2.53 bits per heavy atom. The van der Waals surface area contributed by atoms with Gasteiger partial charge in [0.15, 0.2) is 11.5 Å². The van der Waals surface area contributed by atoms with Crippen molar-refractivity contribution < 1.29 is 19.0 Å². The van der Waals surface area contributed by atoms with Crippen LogP contribution in [-0.4, -0.2) is 49.8 Å². The Bertz CT molecular complexity index is 759. The molecule has 0 radical (unpaired) electrons. The summed E-state index contributed by atoms with van der Waals surface area (Å²) in [6.07, 6.45) is 12.7. The van der Waals surface area contributed by atoms with Crippen molar-refractivity contribution in [3.05, 3.63) is 23.8 Å².